The highest BCUT2D eigenvalue weighted by Gasteiger charge is 2.48. The van der Waals surface area contributed by atoms with E-state index < -0.39 is 94.9 Å². The summed E-state index contributed by atoms with van der Waals surface area (Å²) in [5.41, 5.74) is -2.51. The van der Waals surface area contributed by atoms with E-state index in [1.54, 1.807) is 0 Å². The van der Waals surface area contributed by atoms with Crippen LogP contribution in [0.1, 0.15) is 12.5 Å². The lowest BCUT2D eigenvalue weighted by Crippen LogP contribution is -2.37. The highest BCUT2D eigenvalue weighted by Crippen LogP contribution is 2.60. The Morgan fingerprint density at radius 3 is 1.66 bits per heavy atom. The van der Waals surface area contributed by atoms with E-state index in [2.05, 4.69) is 18.3 Å². The lowest BCUT2D eigenvalue weighted by Gasteiger charge is -2.20. The minimum Gasteiger partial charge on any atom is -0.387 e. The molecule has 20 nitrogen and oxygen atoms in total. The van der Waals surface area contributed by atoms with Gasteiger partial charge in [-0.2, -0.15) is 4.31 Å². The van der Waals surface area contributed by atoms with Crippen molar-refractivity contribution in [1.82, 2.24) is 19.1 Å². The Bertz CT molecular complexity index is 1480. The number of hydrogen-bond donors (Lipinski definition) is 8. The van der Waals surface area contributed by atoms with Crippen molar-refractivity contribution in [2.45, 2.75) is 49.1 Å². The van der Waals surface area contributed by atoms with E-state index in [4.69, 9.17) is 21.7 Å². The summed E-state index contributed by atoms with van der Waals surface area (Å²) in [6.07, 6.45) is -10.8. The van der Waals surface area contributed by atoms with E-state index in [0.717, 1.165) is 21.4 Å². The second-order valence-corrected chi connectivity index (χ2v) is 12.2. The van der Waals surface area contributed by atoms with Gasteiger partial charge in [0.25, 0.3) is 5.56 Å². The fraction of sp³-hybridized carbons (Fsp3) is 0.556. The zero-order valence-electron chi connectivity index (χ0n) is 20.3. The Morgan fingerprint density at radius 2 is 1.22 bits per heavy atom. The summed E-state index contributed by atoms with van der Waals surface area (Å²) in [6.45, 7) is -1.96. The van der Waals surface area contributed by atoms with E-state index in [-0.39, 0.29) is 4.64 Å². The lowest BCUT2D eigenvalue weighted by atomic mass is 10.1. The van der Waals surface area contributed by atoms with E-state index in [0.29, 0.717) is 0 Å². The number of aromatic amines is 2. The summed E-state index contributed by atoms with van der Waals surface area (Å²) < 4.78 is 50.2. The van der Waals surface area contributed by atoms with Crippen LogP contribution in [0.2, 0.25) is 0 Å². The normalized spacial score (nSPS) is 32.9. The molecule has 228 valence electrons. The minimum absolute atomic E-state index is 0.0856. The van der Waals surface area contributed by atoms with Gasteiger partial charge in [0.15, 0.2) is 12.5 Å². The van der Waals surface area contributed by atoms with E-state index in [1.165, 1.54) is 12.3 Å². The third-order valence-electron chi connectivity index (χ3n) is 5.94. The Balaban J connectivity index is 1.33. The summed E-state index contributed by atoms with van der Waals surface area (Å²) in [5, 5.41) is 40.8. The molecule has 2 aromatic rings. The van der Waals surface area contributed by atoms with E-state index in [1.807, 2.05) is 4.98 Å². The van der Waals surface area contributed by atoms with Crippen LogP contribution < -0.4 is 16.9 Å². The Hall–Kier alpha value is -2.20. The molecule has 2 unspecified atom stereocenters. The number of H-pyrrole nitrogens is 2. The highest BCUT2D eigenvalue weighted by molar-refractivity contribution is 7.71. The monoisotopic (exact) mass is 646 g/mol. The Labute approximate surface area is 232 Å². The van der Waals surface area contributed by atoms with Crippen molar-refractivity contribution < 1.29 is 62.2 Å². The highest BCUT2D eigenvalue weighted by atomic mass is 32.1. The van der Waals surface area contributed by atoms with Crippen molar-refractivity contribution in [3.8, 4) is 0 Å². The summed E-state index contributed by atoms with van der Waals surface area (Å²) in [6, 6.07) is 2.24. The molecule has 0 spiro atoms. The first kappa shape index (κ1) is 31.7. The molecular weight excluding hydrogens is 622 g/mol. The summed E-state index contributed by atoms with van der Waals surface area (Å²) >= 11 is 4.81. The maximum absolute atomic E-state index is 12.3. The van der Waals surface area contributed by atoms with Gasteiger partial charge in [-0.3, -0.25) is 32.9 Å². The van der Waals surface area contributed by atoms with Crippen LogP contribution in [-0.4, -0.2) is 99.2 Å². The molecular formula is C18H24N4O16P2S. The van der Waals surface area contributed by atoms with Crippen LogP contribution in [0.25, 0.3) is 0 Å². The molecule has 10 atom stereocenters. The SMILES string of the molecule is O=c1ccn([C@@H]2O[C@H](COP(=O)(O)OP(=O)(O)OC[C@H]3O[C@@H](n4ccc(=S)[nH]c4=O)[C@H](O)[C@@H]3O)[C@@H](O)[C@H]2O)c(=O)[nH]1. The fourth-order valence-corrected chi connectivity index (χ4v) is 6.20. The van der Waals surface area contributed by atoms with Crippen LogP contribution in [0.15, 0.2) is 38.9 Å². The number of aromatic nitrogens is 4. The zero-order valence-corrected chi connectivity index (χ0v) is 22.9. The first-order valence-electron chi connectivity index (χ1n) is 11.4. The van der Waals surface area contributed by atoms with E-state index >= 15 is 0 Å². The van der Waals surface area contributed by atoms with Crippen LogP contribution >= 0.6 is 27.9 Å². The number of phosphoric ester groups is 2. The van der Waals surface area contributed by atoms with Crippen molar-refractivity contribution in [3.05, 3.63) is 60.5 Å². The van der Waals surface area contributed by atoms with Crippen molar-refractivity contribution in [2.75, 3.05) is 13.2 Å². The second kappa shape index (κ2) is 12.2. The minimum atomic E-state index is -5.42. The molecule has 41 heavy (non-hydrogen) atoms. The van der Waals surface area contributed by atoms with Gasteiger partial charge >= 0.3 is 27.0 Å². The molecule has 0 aliphatic carbocycles. The van der Waals surface area contributed by atoms with Crippen LogP contribution in [0.3, 0.4) is 0 Å². The number of aliphatic hydroxyl groups excluding tert-OH is 4. The third-order valence-corrected chi connectivity index (χ3v) is 8.78. The maximum atomic E-state index is 12.3. The van der Waals surface area contributed by atoms with Gasteiger partial charge < -0.3 is 39.7 Å². The molecule has 23 heteroatoms. The van der Waals surface area contributed by atoms with Gasteiger partial charge in [-0.05, 0) is 6.07 Å². The maximum Gasteiger partial charge on any atom is 0.481 e. The number of nitrogens with zero attached hydrogens (tertiary/aromatic N) is 2. The van der Waals surface area contributed by atoms with Gasteiger partial charge in [0.1, 0.15) is 41.3 Å². The Morgan fingerprint density at radius 1 is 0.780 bits per heavy atom. The topological polar surface area (TPSA) is 294 Å². The molecule has 8 N–H and O–H groups in total. The fourth-order valence-electron chi connectivity index (χ4n) is 3.96. The van der Waals surface area contributed by atoms with Crippen molar-refractivity contribution >= 4 is 27.9 Å². The molecule has 2 aliphatic heterocycles. The molecule has 0 saturated carbocycles. The smallest absolute Gasteiger partial charge is 0.387 e. The Kier molecular flexibility index (Phi) is 9.43. The quantitative estimate of drug-likeness (QED) is 0.0939. The first-order chi connectivity index (χ1) is 19.1. The molecule has 2 fully saturated rings. The average Bonchev–Trinajstić information content (AvgIpc) is 3.31. The van der Waals surface area contributed by atoms with Gasteiger partial charge in [-0.1, -0.05) is 12.2 Å². The zero-order chi connectivity index (χ0) is 30.3. The summed E-state index contributed by atoms with van der Waals surface area (Å²) in [7, 11) is -10.8. The van der Waals surface area contributed by atoms with Crippen LogP contribution in [0.5, 0.6) is 0 Å². The number of rotatable bonds is 10. The average molecular weight is 646 g/mol. The third kappa shape index (κ3) is 7.24. The van der Waals surface area contributed by atoms with Crippen molar-refractivity contribution in [3.63, 3.8) is 0 Å². The molecule has 4 heterocycles. The summed E-state index contributed by atoms with van der Waals surface area (Å²) in [5.74, 6) is 0. The molecule has 0 bridgehead atoms. The van der Waals surface area contributed by atoms with Gasteiger partial charge in [0, 0.05) is 18.5 Å². The van der Waals surface area contributed by atoms with Gasteiger partial charge in [0.2, 0.25) is 0 Å². The standard InChI is InChI=1S/C18H24N4O16P2S/c23-9-1-3-21(17(28)19-9)15-13(26)11(24)7(36-15)5-34-39(30,31)38-40(32,33)35-6-8-12(25)14(27)16(37-8)22-4-2-10(41)20-18(22)29/h1-4,7-8,11-16,24-27H,5-6H2,(H,30,31)(H,32,33)(H,19,23,28)(H,20,29,41)/t7-,8-,11-,12-,13-,14-,15-,16-/m1/s1. The first-order valence-corrected chi connectivity index (χ1v) is 14.8. The summed E-state index contributed by atoms with van der Waals surface area (Å²) in [4.78, 5) is 59.2. The molecule has 4 rings (SSSR count). The molecule has 2 aliphatic rings. The number of hydrogen-bond acceptors (Lipinski definition) is 15. The van der Waals surface area contributed by atoms with Gasteiger partial charge in [-0.15, -0.1) is 0 Å². The second-order valence-electron chi connectivity index (χ2n) is 8.74. The van der Waals surface area contributed by atoms with Gasteiger partial charge in [0.05, 0.1) is 13.2 Å². The number of aliphatic hydroxyl groups is 4. The van der Waals surface area contributed by atoms with Crippen LogP contribution in [-0.2, 0) is 32.0 Å². The van der Waals surface area contributed by atoms with E-state index in [9.17, 15) is 53.7 Å². The molecule has 0 aromatic carbocycles. The molecule has 0 radical (unpaired) electrons. The lowest BCUT2D eigenvalue weighted by molar-refractivity contribution is -0.0567. The number of ether oxygens (including phenoxy) is 2. The molecule has 2 aromatic heterocycles. The van der Waals surface area contributed by atoms with Gasteiger partial charge in [-0.25, -0.2) is 18.7 Å². The number of nitrogens with one attached hydrogen (secondary N) is 2. The van der Waals surface area contributed by atoms with Crippen molar-refractivity contribution in [1.29, 1.82) is 0 Å². The molecule has 2 saturated heterocycles. The largest absolute Gasteiger partial charge is 0.481 e. The number of phosphoric acid groups is 2. The van der Waals surface area contributed by atoms with Crippen molar-refractivity contribution in [2.24, 2.45) is 0 Å². The van der Waals surface area contributed by atoms with Crippen LogP contribution in [0, 0.1) is 4.64 Å². The van der Waals surface area contributed by atoms with Crippen LogP contribution in [0.4, 0.5) is 0 Å². The predicted octanol–water partition coefficient (Wildman–Crippen LogP) is -3.05. The predicted molar refractivity (Wildman–Crippen MR) is 132 cm³/mol. The molecule has 0 amide bonds.